The lowest BCUT2D eigenvalue weighted by Gasteiger charge is -2.19. The molecule has 1 rings (SSSR count). The van der Waals surface area contributed by atoms with Gasteiger partial charge in [-0.15, -0.1) is 24.0 Å². The van der Waals surface area contributed by atoms with Crippen molar-refractivity contribution in [2.45, 2.75) is 20.4 Å². The normalized spacial score (nSPS) is 12.1. The highest BCUT2D eigenvalue weighted by atomic mass is 127. The second-order valence-corrected chi connectivity index (χ2v) is 6.84. The highest BCUT2D eigenvalue weighted by molar-refractivity contribution is 14.0. The fraction of sp³-hybridized carbons (Fsp3) is 0.643. The van der Waals surface area contributed by atoms with E-state index < -0.39 is 10.0 Å². The maximum absolute atomic E-state index is 12.1. The summed E-state index contributed by atoms with van der Waals surface area (Å²) in [5, 5.41) is 6.19. The molecule has 0 aromatic carbocycles. The van der Waals surface area contributed by atoms with Crippen LogP contribution in [0.5, 0.6) is 0 Å². The minimum atomic E-state index is -3.20. The molecule has 1 heterocycles. The standard InChI is InChI=1S/C14H27N5O2S.HI/c1-4-19(5-2)22(20,21)13-9-17-14(15-3)16-8-12-18-10-6-7-11-18;/h6-7,10-11H,4-5,8-9,12-13H2,1-3H3,(H2,15,16,17);1H. The van der Waals surface area contributed by atoms with Gasteiger partial charge in [0, 0.05) is 52.2 Å². The van der Waals surface area contributed by atoms with Gasteiger partial charge in [0.2, 0.25) is 10.0 Å². The van der Waals surface area contributed by atoms with Gasteiger partial charge in [-0.25, -0.2) is 12.7 Å². The third-order valence-corrected chi connectivity index (χ3v) is 5.33. The van der Waals surface area contributed by atoms with Gasteiger partial charge in [0.1, 0.15) is 0 Å². The number of aliphatic imine (C=N–C) groups is 1. The van der Waals surface area contributed by atoms with Crippen LogP contribution in [0.2, 0.25) is 0 Å². The number of halogens is 1. The lowest BCUT2D eigenvalue weighted by Crippen LogP contribution is -2.42. The molecule has 0 unspecified atom stereocenters. The smallest absolute Gasteiger partial charge is 0.215 e. The zero-order valence-electron chi connectivity index (χ0n) is 14.0. The molecular formula is C14H28IN5O2S. The fourth-order valence-corrected chi connectivity index (χ4v) is 3.49. The van der Waals surface area contributed by atoms with Crippen LogP contribution in [0.1, 0.15) is 13.8 Å². The summed E-state index contributed by atoms with van der Waals surface area (Å²) in [6.45, 7) is 6.57. The van der Waals surface area contributed by atoms with Gasteiger partial charge in [-0.3, -0.25) is 4.99 Å². The lowest BCUT2D eigenvalue weighted by atomic mass is 10.6. The van der Waals surface area contributed by atoms with Crippen LogP contribution in [0, 0.1) is 0 Å². The van der Waals surface area contributed by atoms with E-state index in [0.29, 0.717) is 25.6 Å². The van der Waals surface area contributed by atoms with Crippen LogP contribution in [0.25, 0.3) is 0 Å². The Labute approximate surface area is 156 Å². The van der Waals surface area contributed by atoms with Gasteiger partial charge in [-0.2, -0.15) is 0 Å². The summed E-state index contributed by atoms with van der Waals surface area (Å²) in [5.41, 5.74) is 0. The highest BCUT2D eigenvalue weighted by Gasteiger charge is 2.18. The SMILES string of the molecule is CCN(CC)S(=O)(=O)CCNC(=NC)NCCn1cccc1.I. The first-order chi connectivity index (χ1) is 10.5. The number of nitrogens with one attached hydrogen (secondary N) is 2. The molecule has 7 nitrogen and oxygen atoms in total. The molecule has 2 N–H and O–H groups in total. The van der Waals surface area contributed by atoms with Gasteiger partial charge >= 0.3 is 0 Å². The summed E-state index contributed by atoms with van der Waals surface area (Å²) in [5.74, 6) is 0.675. The van der Waals surface area contributed by atoms with E-state index in [1.807, 2.05) is 38.4 Å². The Bertz CT molecular complexity index is 542. The van der Waals surface area contributed by atoms with Crippen molar-refractivity contribution in [2.24, 2.45) is 4.99 Å². The van der Waals surface area contributed by atoms with Gasteiger partial charge in [-0.1, -0.05) is 13.8 Å². The van der Waals surface area contributed by atoms with E-state index in [1.165, 1.54) is 4.31 Å². The Balaban J connectivity index is 0.00000484. The molecule has 1 aromatic heterocycles. The molecule has 0 spiro atoms. The first-order valence-corrected chi connectivity index (χ1v) is 9.17. The molecule has 0 aliphatic carbocycles. The van der Waals surface area contributed by atoms with Crippen LogP contribution in [0.3, 0.4) is 0 Å². The van der Waals surface area contributed by atoms with E-state index >= 15 is 0 Å². The van der Waals surface area contributed by atoms with Gasteiger partial charge in [-0.05, 0) is 12.1 Å². The van der Waals surface area contributed by atoms with Gasteiger partial charge in [0.15, 0.2) is 5.96 Å². The van der Waals surface area contributed by atoms with Crippen molar-refractivity contribution in [2.75, 3.05) is 39.0 Å². The Morgan fingerprint density at radius 2 is 1.70 bits per heavy atom. The maximum atomic E-state index is 12.1. The maximum Gasteiger partial charge on any atom is 0.215 e. The molecule has 0 atom stereocenters. The van der Waals surface area contributed by atoms with E-state index in [4.69, 9.17) is 0 Å². The van der Waals surface area contributed by atoms with Crippen LogP contribution in [-0.4, -0.2) is 62.2 Å². The number of guanidine groups is 1. The first-order valence-electron chi connectivity index (χ1n) is 7.56. The minimum absolute atomic E-state index is 0. The zero-order valence-corrected chi connectivity index (χ0v) is 17.2. The first kappa shape index (κ1) is 22.2. The highest BCUT2D eigenvalue weighted by Crippen LogP contribution is 1.99. The molecule has 0 fully saturated rings. The van der Waals surface area contributed by atoms with Gasteiger partial charge in [0.05, 0.1) is 5.75 Å². The second-order valence-electron chi connectivity index (χ2n) is 4.75. The zero-order chi connectivity index (χ0) is 16.4. The summed E-state index contributed by atoms with van der Waals surface area (Å²) in [7, 11) is -1.53. The molecule has 0 saturated carbocycles. The van der Waals surface area contributed by atoms with Crippen LogP contribution in [0.4, 0.5) is 0 Å². The topological polar surface area (TPSA) is 78.7 Å². The predicted octanol–water partition coefficient (Wildman–Crippen LogP) is 0.943. The van der Waals surface area contributed by atoms with Crippen molar-refractivity contribution >= 4 is 40.0 Å². The van der Waals surface area contributed by atoms with Crippen molar-refractivity contribution in [1.29, 1.82) is 0 Å². The molecule has 0 saturated heterocycles. The van der Waals surface area contributed by atoms with E-state index in [-0.39, 0.29) is 29.7 Å². The second kappa shape index (κ2) is 11.7. The molecule has 23 heavy (non-hydrogen) atoms. The van der Waals surface area contributed by atoms with E-state index in [9.17, 15) is 8.42 Å². The van der Waals surface area contributed by atoms with Crippen LogP contribution >= 0.6 is 24.0 Å². The lowest BCUT2D eigenvalue weighted by molar-refractivity contribution is 0.445. The number of hydrogen-bond donors (Lipinski definition) is 2. The minimum Gasteiger partial charge on any atom is -0.355 e. The number of aromatic nitrogens is 1. The number of nitrogens with zero attached hydrogens (tertiary/aromatic N) is 3. The number of rotatable bonds is 9. The molecule has 9 heteroatoms. The monoisotopic (exact) mass is 457 g/mol. The summed E-state index contributed by atoms with van der Waals surface area (Å²) < 4.78 is 27.6. The molecular weight excluding hydrogens is 429 g/mol. The van der Waals surface area contributed by atoms with Crippen LogP contribution in [-0.2, 0) is 16.6 Å². The number of sulfonamides is 1. The molecule has 0 bridgehead atoms. The molecule has 0 aliphatic heterocycles. The van der Waals surface area contributed by atoms with Crippen molar-refractivity contribution in [3.05, 3.63) is 24.5 Å². The summed E-state index contributed by atoms with van der Waals surface area (Å²) in [6, 6.07) is 3.95. The largest absolute Gasteiger partial charge is 0.355 e. The quantitative estimate of drug-likeness (QED) is 0.329. The molecule has 0 aliphatic rings. The average molecular weight is 457 g/mol. The molecule has 0 radical (unpaired) electrons. The number of hydrogen-bond acceptors (Lipinski definition) is 3. The summed E-state index contributed by atoms with van der Waals surface area (Å²) in [6.07, 6.45) is 3.99. The Morgan fingerprint density at radius 1 is 1.13 bits per heavy atom. The summed E-state index contributed by atoms with van der Waals surface area (Å²) >= 11 is 0. The van der Waals surface area contributed by atoms with E-state index in [0.717, 1.165) is 13.1 Å². The summed E-state index contributed by atoms with van der Waals surface area (Å²) in [4.78, 5) is 4.09. The van der Waals surface area contributed by atoms with E-state index in [2.05, 4.69) is 20.2 Å². The molecule has 0 amide bonds. The fourth-order valence-electron chi connectivity index (χ4n) is 2.09. The molecule has 1 aromatic rings. The molecule has 134 valence electrons. The average Bonchev–Trinajstić information content (AvgIpc) is 2.99. The van der Waals surface area contributed by atoms with Crippen LogP contribution < -0.4 is 10.6 Å². The van der Waals surface area contributed by atoms with E-state index in [1.54, 1.807) is 7.05 Å². The third-order valence-electron chi connectivity index (χ3n) is 3.30. The van der Waals surface area contributed by atoms with Crippen molar-refractivity contribution < 1.29 is 8.42 Å². The van der Waals surface area contributed by atoms with Crippen molar-refractivity contribution in [3.63, 3.8) is 0 Å². The Hall–Kier alpha value is -0.810. The van der Waals surface area contributed by atoms with Crippen molar-refractivity contribution in [3.8, 4) is 0 Å². The predicted molar refractivity (Wildman–Crippen MR) is 106 cm³/mol. The third kappa shape index (κ3) is 8.02. The van der Waals surface area contributed by atoms with Gasteiger partial charge in [0.25, 0.3) is 0 Å². The Morgan fingerprint density at radius 3 is 2.22 bits per heavy atom. The van der Waals surface area contributed by atoms with Gasteiger partial charge < -0.3 is 15.2 Å². The van der Waals surface area contributed by atoms with Crippen LogP contribution in [0.15, 0.2) is 29.5 Å². The van der Waals surface area contributed by atoms with Crippen molar-refractivity contribution in [1.82, 2.24) is 19.5 Å². The Kier molecular flexibility index (Phi) is 11.3.